The summed E-state index contributed by atoms with van der Waals surface area (Å²) in [5.41, 5.74) is 5.72. The van der Waals surface area contributed by atoms with Crippen LogP contribution in [0, 0.1) is 11.8 Å². The third kappa shape index (κ3) is 7.30. The summed E-state index contributed by atoms with van der Waals surface area (Å²) in [7, 11) is 0. The van der Waals surface area contributed by atoms with Crippen LogP contribution in [-0.4, -0.2) is 48.0 Å². The van der Waals surface area contributed by atoms with Crippen LogP contribution in [0.5, 0.6) is 0 Å². The quantitative estimate of drug-likeness (QED) is 0.263. The molecule has 34 heavy (non-hydrogen) atoms. The number of benzene rings is 1. The summed E-state index contributed by atoms with van der Waals surface area (Å²) >= 11 is 12.0. The fraction of sp³-hybridized carbons (Fsp3) is 0.435. The van der Waals surface area contributed by atoms with E-state index in [1.165, 1.54) is 12.2 Å². The Labute approximate surface area is 206 Å². The first-order chi connectivity index (χ1) is 16.1. The fourth-order valence-electron chi connectivity index (χ4n) is 3.77. The van der Waals surface area contributed by atoms with E-state index >= 15 is 0 Å². The third-order valence-corrected chi connectivity index (χ3v) is 6.40. The van der Waals surface area contributed by atoms with Crippen molar-refractivity contribution in [3.8, 4) is 0 Å². The lowest BCUT2D eigenvalue weighted by molar-refractivity contribution is -0.139. The molecule has 3 rings (SSSR count). The molecule has 1 aliphatic heterocycles. The van der Waals surface area contributed by atoms with Gasteiger partial charge in [0.15, 0.2) is 0 Å². The first-order valence-corrected chi connectivity index (χ1v) is 11.7. The summed E-state index contributed by atoms with van der Waals surface area (Å²) in [6.45, 7) is 0.458. The van der Waals surface area contributed by atoms with Crippen LogP contribution in [0.3, 0.4) is 0 Å². The predicted molar refractivity (Wildman–Crippen MR) is 127 cm³/mol. The van der Waals surface area contributed by atoms with Crippen molar-refractivity contribution < 1.29 is 24.0 Å². The highest BCUT2D eigenvalue weighted by Crippen LogP contribution is 2.33. The van der Waals surface area contributed by atoms with Crippen molar-refractivity contribution in [1.29, 1.82) is 0 Å². The highest BCUT2D eigenvalue weighted by Gasteiger charge is 2.36. The number of Topliss-reactive ketones (excluding diaryl/α,β-unsaturated/α-hetero) is 1. The van der Waals surface area contributed by atoms with E-state index < -0.39 is 41.5 Å². The maximum Gasteiger partial charge on any atom is 0.287 e. The van der Waals surface area contributed by atoms with Crippen LogP contribution in [0.1, 0.15) is 37.7 Å². The third-order valence-electron chi connectivity index (χ3n) is 5.83. The van der Waals surface area contributed by atoms with E-state index in [4.69, 9.17) is 28.9 Å². The molecule has 182 valence electrons. The molecule has 0 radical (unpaired) electrons. The summed E-state index contributed by atoms with van der Waals surface area (Å²) in [4.78, 5) is 61.3. The summed E-state index contributed by atoms with van der Waals surface area (Å²) in [5.74, 6) is -3.81. The van der Waals surface area contributed by atoms with Gasteiger partial charge in [0.1, 0.15) is 6.04 Å². The average molecular weight is 509 g/mol. The summed E-state index contributed by atoms with van der Waals surface area (Å²) < 4.78 is 0. The molecule has 1 unspecified atom stereocenters. The number of nitrogens with one attached hydrogen (secondary N) is 3. The molecule has 0 spiro atoms. The smallest absolute Gasteiger partial charge is 0.287 e. The van der Waals surface area contributed by atoms with E-state index in [2.05, 4.69) is 16.0 Å². The SMILES string of the molecule is NC(=O)C(=O)C(C[C@@H]1CCNC1=O)NC(=O)[C@H](CC1CC1)NC(=O)/C=C/c1ccc(Cl)cc1Cl. The molecule has 1 heterocycles. The van der Waals surface area contributed by atoms with Crippen molar-refractivity contribution in [2.24, 2.45) is 17.6 Å². The minimum Gasteiger partial charge on any atom is -0.363 e. The average Bonchev–Trinajstić information content (AvgIpc) is 3.51. The van der Waals surface area contributed by atoms with Gasteiger partial charge in [-0.2, -0.15) is 0 Å². The Hall–Kier alpha value is -2.91. The number of halogens is 2. The van der Waals surface area contributed by atoms with Crippen LogP contribution in [0.15, 0.2) is 24.3 Å². The molecule has 2 fully saturated rings. The molecule has 1 aromatic rings. The number of hydrogen-bond acceptors (Lipinski definition) is 5. The molecule has 0 aromatic heterocycles. The van der Waals surface area contributed by atoms with Crippen LogP contribution < -0.4 is 21.7 Å². The first-order valence-electron chi connectivity index (χ1n) is 11.0. The summed E-state index contributed by atoms with van der Waals surface area (Å²) in [6, 6.07) is 2.66. The number of nitrogens with two attached hydrogens (primary N) is 1. The maximum absolute atomic E-state index is 13.0. The highest BCUT2D eigenvalue weighted by molar-refractivity contribution is 6.38. The molecule has 0 bridgehead atoms. The van der Waals surface area contributed by atoms with Gasteiger partial charge in [-0.1, -0.05) is 42.1 Å². The van der Waals surface area contributed by atoms with Crippen molar-refractivity contribution in [2.45, 2.75) is 44.2 Å². The van der Waals surface area contributed by atoms with E-state index in [1.54, 1.807) is 18.2 Å². The van der Waals surface area contributed by atoms with E-state index in [1.807, 2.05) is 0 Å². The molecule has 1 aliphatic carbocycles. The Morgan fingerprint density at radius 1 is 1.09 bits per heavy atom. The monoisotopic (exact) mass is 508 g/mol. The van der Waals surface area contributed by atoms with E-state index in [0.717, 1.165) is 12.8 Å². The van der Waals surface area contributed by atoms with Crippen LogP contribution in [-0.2, 0) is 24.0 Å². The lowest BCUT2D eigenvalue weighted by Gasteiger charge is -2.23. The van der Waals surface area contributed by atoms with Crippen LogP contribution >= 0.6 is 23.2 Å². The van der Waals surface area contributed by atoms with Gasteiger partial charge < -0.3 is 21.7 Å². The lowest BCUT2D eigenvalue weighted by Crippen LogP contribution is -2.54. The van der Waals surface area contributed by atoms with Crippen LogP contribution in [0.4, 0.5) is 0 Å². The number of rotatable bonds is 11. The van der Waals surface area contributed by atoms with E-state index in [0.29, 0.717) is 35.0 Å². The molecule has 3 atom stereocenters. The van der Waals surface area contributed by atoms with E-state index in [-0.39, 0.29) is 18.2 Å². The molecular weight excluding hydrogens is 483 g/mol. The molecule has 1 saturated heterocycles. The Kier molecular flexibility index (Phi) is 8.68. The van der Waals surface area contributed by atoms with Crippen molar-refractivity contribution >= 4 is 58.7 Å². The Morgan fingerprint density at radius 2 is 1.82 bits per heavy atom. The zero-order valence-corrected chi connectivity index (χ0v) is 19.8. The maximum atomic E-state index is 13.0. The molecule has 4 amide bonds. The normalized spacial score (nSPS) is 19.4. The van der Waals surface area contributed by atoms with Gasteiger partial charge in [0.2, 0.25) is 23.5 Å². The summed E-state index contributed by atoms with van der Waals surface area (Å²) in [5, 5.41) is 8.66. The number of ketones is 1. The highest BCUT2D eigenvalue weighted by atomic mass is 35.5. The predicted octanol–water partition coefficient (Wildman–Crippen LogP) is 1.36. The minimum absolute atomic E-state index is 0.0432. The van der Waals surface area contributed by atoms with Gasteiger partial charge in [-0.05, 0) is 49.0 Å². The van der Waals surface area contributed by atoms with Gasteiger partial charge in [0.25, 0.3) is 5.91 Å². The van der Waals surface area contributed by atoms with Gasteiger partial charge >= 0.3 is 0 Å². The van der Waals surface area contributed by atoms with Gasteiger partial charge in [-0.25, -0.2) is 0 Å². The Bertz CT molecular complexity index is 1020. The first kappa shape index (κ1) is 25.7. The van der Waals surface area contributed by atoms with Gasteiger partial charge in [-0.15, -0.1) is 0 Å². The zero-order chi connectivity index (χ0) is 24.8. The lowest BCUT2D eigenvalue weighted by atomic mass is 9.95. The Balaban J connectivity index is 1.68. The topological polar surface area (TPSA) is 147 Å². The number of carbonyl (C=O) groups excluding carboxylic acids is 5. The second kappa shape index (κ2) is 11.5. The number of amides is 4. The Morgan fingerprint density at radius 3 is 2.41 bits per heavy atom. The summed E-state index contributed by atoms with van der Waals surface area (Å²) in [6.07, 6.45) is 5.43. The fourth-order valence-corrected chi connectivity index (χ4v) is 4.24. The molecule has 2 aliphatic rings. The number of hydrogen-bond donors (Lipinski definition) is 4. The van der Waals surface area contributed by atoms with Gasteiger partial charge in [0, 0.05) is 28.6 Å². The standard InChI is InChI=1S/C23H26Cl2N4O5/c24-15-5-3-13(16(25)11-15)4-6-19(30)28-18(9-12-1-2-12)23(34)29-17(20(31)21(26)32)10-14-7-8-27-22(14)33/h3-6,11-12,14,17-18H,1-2,7-10H2,(H2,26,32)(H,27,33)(H,28,30)(H,29,34)/b6-4+/t14-,17?,18-/m0/s1. The largest absolute Gasteiger partial charge is 0.363 e. The van der Waals surface area contributed by atoms with Crippen molar-refractivity contribution in [3.63, 3.8) is 0 Å². The van der Waals surface area contributed by atoms with Crippen molar-refractivity contribution in [3.05, 3.63) is 39.9 Å². The molecule has 5 N–H and O–H groups in total. The van der Waals surface area contributed by atoms with E-state index in [9.17, 15) is 24.0 Å². The molecule has 1 saturated carbocycles. The second-order valence-corrected chi connectivity index (χ2v) is 9.39. The van der Waals surface area contributed by atoms with Gasteiger partial charge in [0.05, 0.1) is 6.04 Å². The number of primary amides is 1. The van der Waals surface area contributed by atoms with Crippen LogP contribution in [0.2, 0.25) is 10.0 Å². The molecule has 9 nitrogen and oxygen atoms in total. The second-order valence-electron chi connectivity index (χ2n) is 8.54. The molecule has 11 heteroatoms. The number of carbonyl (C=O) groups is 5. The van der Waals surface area contributed by atoms with Gasteiger partial charge in [-0.3, -0.25) is 24.0 Å². The van der Waals surface area contributed by atoms with Crippen molar-refractivity contribution in [2.75, 3.05) is 6.54 Å². The molecular formula is C23H26Cl2N4O5. The van der Waals surface area contributed by atoms with Crippen LogP contribution in [0.25, 0.3) is 6.08 Å². The zero-order valence-electron chi connectivity index (χ0n) is 18.3. The molecule has 1 aromatic carbocycles. The van der Waals surface area contributed by atoms with Crippen molar-refractivity contribution in [1.82, 2.24) is 16.0 Å². The minimum atomic E-state index is -1.25.